The van der Waals surface area contributed by atoms with E-state index in [-0.39, 0.29) is 17.7 Å². The molecule has 0 spiro atoms. The minimum atomic E-state index is -0.549. The van der Waals surface area contributed by atoms with Gasteiger partial charge in [0.25, 0.3) is 0 Å². The predicted octanol–water partition coefficient (Wildman–Crippen LogP) is 3.00. The van der Waals surface area contributed by atoms with Crippen LogP contribution in [0.1, 0.15) is 56.6 Å². The largest absolute Gasteiger partial charge is 0.388 e. The lowest BCUT2D eigenvalue weighted by Gasteiger charge is -2.34. The Hall–Kier alpha value is -1.88. The van der Waals surface area contributed by atoms with Gasteiger partial charge in [-0.25, -0.2) is 0 Å². The van der Waals surface area contributed by atoms with Crippen LogP contribution in [-0.4, -0.2) is 53.4 Å². The van der Waals surface area contributed by atoms with E-state index >= 15 is 0 Å². The van der Waals surface area contributed by atoms with Crippen LogP contribution >= 0.6 is 0 Å². The molecule has 3 rings (SSSR count). The Kier molecular flexibility index (Phi) is 6.89. The van der Waals surface area contributed by atoms with Crippen molar-refractivity contribution in [3.05, 3.63) is 35.9 Å². The molecule has 1 aliphatic carbocycles. The summed E-state index contributed by atoms with van der Waals surface area (Å²) >= 11 is 0. The van der Waals surface area contributed by atoms with Gasteiger partial charge in [0.2, 0.25) is 11.8 Å². The molecule has 5 heteroatoms. The van der Waals surface area contributed by atoms with Crippen LogP contribution in [0.5, 0.6) is 0 Å². The summed E-state index contributed by atoms with van der Waals surface area (Å²) in [5.74, 6) is 0.664. The second kappa shape index (κ2) is 9.36. The van der Waals surface area contributed by atoms with Crippen LogP contribution in [-0.2, 0) is 9.59 Å². The zero-order valence-electron chi connectivity index (χ0n) is 16.3. The Morgan fingerprint density at radius 2 is 1.70 bits per heavy atom. The molecule has 1 aromatic rings. The molecular formula is C22H32N2O3. The highest BCUT2D eigenvalue weighted by Crippen LogP contribution is 2.29. The van der Waals surface area contributed by atoms with Crippen molar-refractivity contribution in [2.24, 2.45) is 11.8 Å². The van der Waals surface area contributed by atoms with Gasteiger partial charge in [-0.15, -0.1) is 0 Å². The standard InChI is InChI=1S/C22H32N2O3/c1-23(14-13-20(25)17-7-3-2-4-8-17)21(26)19-11-15-24(16-12-19)22(27)18-9-5-6-10-18/h2-4,7-8,18-20,25H,5-6,9-16H2,1H3/t20-/m1/s1. The van der Waals surface area contributed by atoms with Crippen LogP contribution in [0.2, 0.25) is 0 Å². The number of hydrogen-bond donors (Lipinski definition) is 1. The van der Waals surface area contributed by atoms with E-state index in [1.807, 2.05) is 42.3 Å². The summed E-state index contributed by atoms with van der Waals surface area (Å²) < 4.78 is 0. The maximum Gasteiger partial charge on any atom is 0.225 e. The summed E-state index contributed by atoms with van der Waals surface area (Å²) in [7, 11) is 1.82. The third-order valence-corrected chi connectivity index (χ3v) is 6.16. The smallest absolute Gasteiger partial charge is 0.225 e. The molecule has 5 nitrogen and oxygen atoms in total. The van der Waals surface area contributed by atoms with Gasteiger partial charge in [0.1, 0.15) is 0 Å². The molecule has 1 N–H and O–H groups in total. The minimum Gasteiger partial charge on any atom is -0.388 e. The van der Waals surface area contributed by atoms with Gasteiger partial charge in [0, 0.05) is 38.5 Å². The molecule has 0 radical (unpaired) electrons. The zero-order valence-corrected chi connectivity index (χ0v) is 16.3. The Balaban J connectivity index is 1.42. The molecule has 2 fully saturated rings. The zero-order chi connectivity index (χ0) is 19.2. The monoisotopic (exact) mass is 372 g/mol. The quantitative estimate of drug-likeness (QED) is 0.835. The number of amides is 2. The topological polar surface area (TPSA) is 60.9 Å². The number of likely N-dealkylation sites (tertiary alicyclic amines) is 1. The maximum atomic E-state index is 12.7. The number of piperidine rings is 1. The van der Waals surface area contributed by atoms with E-state index in [1.54, 1.807) is 4.90 Å². The van der Waals surface area contributed by atoms with Gasteiger partial charge < -0.3 is 14.9 Å². The Labute approximate surface area is 162 Å². The minimum absolute atomic E-state index is 0.00324. The van der Waals surface area contributed by atoms with Crippen molar-refractivity contribution in [2.75, 3.05) is 26.7 Å². The number of hydrogen-bond acceptors (Lipinski definition) is 3. The fourth-order valence-corrected chi connectivity index (χ4v) is 4.36. The van der Waals surface area contributed by atoms with Crippen molar-refractivity contribution < 1.29 is 14.7 Å². The first kappa shape index (κ1) is 19.9. The molecule has 0 bridgehead atoms. The van der Waals surface area contributed by atoms with Crippen LogP contribution in [0.25, 0.3) is 0 Å². The average molecular weight is 373 g/mol. The molecule has 1 heterocycles. The normalized spacial score (nSPS) is 19.9. The van der Waals surface area contributed by atoms with E-state index in [2.05, 4.69) is 0 Å². The Morgan fingerprint density at radius 1 is 1.07 bits per heavy atom. The summed E-state index contributed by atoms with van der Waals surface area (Å²) in [6, 6.07) is 9.56. The number of carbonyl (C=O) groups is 2. The van der Waals surface area contributed by atoms with Crippen LogP contribution in [0, 0.1) is 11.8 Å². The fourth-order valence-electron chi connectivity index (χ4n) is 4.36. The number of nitrogens with zero attached hydrogens (tertiary/aromatic N) is 2. The summed E-state index contributed by atoms with van der Waals surface area (Å²) in [6.07, 6.45) is 5.90. The average Bonchev–Trinajstić information content (AvgIpc) is 3.26. The lowest BCUT2D eigenvalue weighted by atomic mass is 9.94. The lowest BCUT2D eigenvalue weighted by molar-refractivity contribution is -0.142. The molecule has 2 amide bonds. The SMILES string of the molecule is CN(CC[C@@H](O)c1ccccc1)C(=O)C1CCN(C(=O)C2CCCC2)CC1. The number of benzene rings is 1. The van der Waals surface area contributed by atoms with E-state index in [0.717, 1.165) is 31.2 Å². The molecule has 0 aromatic heterocycles. The fraction of sp³-hybridized carbons (Fsp3) is 0.636. The summed E-state index contributed by atoms with van der Waals surface area (Å²) in [5, 5.41) is 10.3. The van der Waals surface area contributed by atoms with Crippen molar-refractivity contribution in [1.29, 1.82) is 0 Å². The van der Waals surface area contributed by atoms with Crippen molar-refractivity contribution in [3.8, 4) is 0 Å². The Bertz CT molecular complexity index is 620. The number of aliphatic hydroxyl groups excluding tert-OH is 1. The van der Waals surface area contributed by atoms with Crippen LogP contribution in [0.3, 0.4) is 0 Å². The maximum absolute atomic E-state index is 12.7. The number of rotatable bonds is 6. The predicted molar refractivity (Wildman–Crippen MR) is 105 cm³/mol. The van der Waals surface area contributed by atoms with Crippen LogP contribution in [0.15, 0.2) is 30.3 Å². The third-order valence-electron chi connectivity index (χ3n) is 6.16. The third kappa shape index (κ3) is 5.10. The highest BCUT2D eigenvalue weighted by molar-refractivity contribution is 5.81. The molecule has 1 saturated carbocycles. The van der Waals surface area contributed by atoms with E-state index in [0.29, 0.717) is 32.0 Å². The first-order valence-corrected chi connectivity index (χ1v) is 10.3. The van der Waals surface area contributed by atoms with Gasteiger partial charge in [-0.1, -0.05) is 43.2 Å². The molecule has 1 aliphatic heterocycles. The molecule has 148 valence electrons. The van der Waals surface area contributed by atoms with E-state index < -0.39 is 6.10 Å². The first-order chi connectivity index (χ1) is 13.1. The van der Waals surface area contributed by atoms with Crippen molar-refractivity contribution in [3.63, 3.8) is 0 Å². The Morgan fingerprint density at radius 3 is 2.33 bits per heavy atom. The van der Waals surface area contributed by atoms with Gasteiger partial charge in [-0.05, 0) is 37.7 Å². The first-order valence-electron chi connectivity index (χ1n) is 10.3. The highest BCUT2D eigenvalue weighted by atomic mass is 16.3. The summed E-state index contributed by atoms with van der Waals surface area (Å²) in [4.78, 5) is 29.0. The van der Waals surface area contributed by atoms with Gasteiger partial charge in [-0.3, -0.25) is 9.59 Å². The van der Waals surface area contributed by atoms with Gasteiger partial charge in [0.05, 0.1) is 6.10 Å². The summed E-state index contributed by atoms with van der Waals surface area (Å²) in [6.45, 7) is 1.94. The van der Waals surface area contributed by atoms with Gasteiger partial charge >= 0.3 is 0 Å². The molecular weight excluding hydrogens is 340 g/mol. The van der Waals surface area contributed by atoms with E-state index in [4.69, 9.17) is 0 Å². The van der Waals surface area contributed by atoms with E-state index in [9.17, 15) is 14.7 Å². The molecule has 1 atom stereocenters. The molecule has 1 aromatic carbocycles. The lowest BCUT2D eigenvalue weighted by Crippen LogP contribution is -2.45. The van der Waals surface area contributed by atoms with Crippen LogP contribution in [0.4, 0.5) is 0 Å². The van der Waals surface area contributed by atoms with Gasteiger partial charge in [0.15, 0.2) is 0 Å². The second-order valence-electron chi connectivity index (χ2n) is 8.06. The molecule has 2 aliphatic rings. The van der Waals surface area contributed by atoms with Crippen molar-refractivity contribution in [1.82, 2.24) is 9.80 Å². The van der Waals surface area contributed by atoms with Gasteiger partial charge in [-0.2, -0.15) is 0 Å². The number of aliphatic hydroxyl groups is 1. The summed E-state index contributed by atoms with van der Waals surface area (Å²) in [5.41, 5.74) is 0.886. The van der Waals surface area contributed by atoms with Crippen molar-refractivity contribution in [2.45, 2.75) is 51.0 Å². The van der Waals surface area contributed by atoms with E-state index in [1.165, 1.54) is 12.8 Å². The van der Waals surface area contributed by atoms with Crippen LogP contribution < -0.4 is 0 Å². The molecule has 27 heavy (non-hydrogen) atoms. The highest BCUT2D eigenvalue weighted by Gasteiger charge is 2.32. The second-order valence-corrected chi connectivity index (χ2v) is 8.06. The molecule has 0 unspecified atom stereocenters. The molecule has 1 saturated heterocycles. The van der Waals surface area contributed by atoms with Crippen molar-refractivity contribution >= 4 is 11.8 Å². The number of carbonyl (C=O) groups excluding carboxylic acids is 2.